The Bertz CT molecular complexity index is 451. The topological polar surface area (TPSA) is 49.7 Å². The van der Waals surface area contributed by atoms with Crippen molar-refractivity contribution in [2.45, 2.75) is 8.94 Å². The fourth-order valence-corrected chi connectivity index (χ4v) is 3.62. The van der Waals surface area contributed by atoms with Gasteiger partial charge in [-0.3, -0.25) is 0 Å². The van der Waals surface area contributed by atoms with E-state index in [1.807, 2.05) is 30.3 Å². The molecule has 0 aliphatic carbocycles. The molecule has 1 aromatic carbocycles. The molecule has 1 aliphatic heterocycles. The number of para-hydroxylation sites is 1. The van der Waals surface area contributed by atoms with Gasteiger partial charge in [-0.2, -0.15) is 0 Å². The van der Waals surface area contributed by atoms with E-state index in [9.17, 15) is 9.90 Å². The van der Waals surface area contributed by atoms with Gasteiger partial charge in [0.1, 0.15) is 0 Å². The van der Waals surface area contributed by atoms with E-state index < -0.39 is 0 Å². The van der Waals surface area contributed by atoms with Crippen LogP contribution >= 0.6 is 0 Å². The van der Waals surface area contributed by atoms with Crippen LogP contribution in [-0.2, 0) is 4.79 Å². The van der Waals surface area contributed by atoms with E-state index in [0.717, 1.165) is 5.69 Å². The van der Waals surface area contributed by atoms with Crippen LogP contribution in [0.1, 0.15) is 0 Å². The summed E-state index contributed by atoms with van der Waals surface area (Å²) in [6, 6.07) is 9.39. The van der Waals surface area contributed by atoms with E-state index in [1.54, 1.807) is 0 Å². The van der Waals surface area contributed by atoms with Crippen LogP contribution in [0.5, 0.6) is 0 Å². The van der Waals surface area contributed by atoms with Gasteiger partial charge in [0.05, 0.1) is 0 Å². The molecule has 2 rings (SSSR count). The van der Waals surface area contributed by atoms with Crippen molar-refractivity contribution in [1.82, 2.24) is 0 Å². The zero-order chi connectivity index (χ0) is 11.4. The number of nitrogens with zero attached hydrogens (tertiary/aromatic N) is 1. The van der Waals surface area contributed by atoms with Crippen LogP contribution in [0.4, 0.5) is 5.69 Å². The molecular formula is C12H11NO2Te. The minimum absolute atomic E-state index is 0.0332. The van der Waals surface area contributed by atoms with E-state index >= 15 is 0 Å². The standard InChI is InChI=1S/C12H11NO2Te/c14-11-7-16-8-12(15)10(11)6-13-9-4-2-1-3-5-9/h1-6,14H,7-8H2. The van der Waals surface area contributed by atoms with Crippen molar-refractivity contribution < 1.29 is 9.90 Å². The van der Waals surface area contributed by atoms with Gasteiger partial charge in [0.15, 0.2) is 0 Å². The van der Waals surface area contributed by atoms with Crippen LogP contribution in [0.25, 0.3) is 0 Å². The van der Waals surface area contributed by atoms with Crippen molar-refractivity contribution in [3.05, 3.63) is 41.7 Å². The van der Waals surface area contributed by atoms with Crippen molar-refractivity contribution in [2.24, 2.45) is 4.99 Å². The number of Topliss-reactive ketones (excluding diaryl/α,β-unsaturated/α-hetero) is 1. The zero-order valence-electron chi connectivity index (χ0n) is 8.59. The summed E-state index contributed by atoms with van der Waals surface area (Å²) in [5.74, 6) is 0.254. The number of benzene rings is 1. The summed E-state index contributed by atoms with van der Waals surface area (Å²) in [6.07, 6.45) is 1.49. The Morgan fingerprint density at radius 3 is 2.69 bits per heavy atom. The average molecular weight is 329 g/mol. The molecule has 4 heteroatoms. The van der Waals surface area contributed by atoms with Gasteiger partial charge in [-0.15, -0.1) is 0 Å². The van der Waals surface area contributed by atoms with Crippen LogP contribution in [0.3, 0.4) is 0 Å². The van der Waals surface area contributed by atoms with E-state index in [-0.39, 0.29) is 32.5 Å². The first kappa shape index (κ1) is 11.4. The number of aliphatic imine (C=N–C) groups is 1. The van der Waals surface area contributed by atoms with E-state index in [1.165, 1.54) is 6.21 Å². The molecule has 0 saturated carbocycles. The summed E-state index contributed by atoms with van der Waals surface area (Å²) < 4.78 is 1.33. The number of ketones is 1. The predicted molar refractivity (Wildman–Crippen MR) is 64.6 cm³/mol. The fraction of sp³-hybridized carbons (Fsp3) is 0.167. The van der Waals surface area contributed by atoms with Crippen molar-refractivity contribution in [3.8, 4) is 0 Å². The molecule has 0 radical (unpaired) electrons. The van der Waals surface area contributed by atoms with Gasteiger partial charge in [0, 0.05) is 0 Å². The zero-order valence-corrected chi connectivity index (χ0v) is 10.9. The second-order valence-corrected chi connectivity index (χ2v) is 6.18. The quantitative estimate of drug-likeness (QED) is 0.669. The van der Waals surface area contributed by atoms with E-state index in [0.29, 0.717) is 14.5 Å². The maximum atomic E-state index is 11.5. The molecule has 0 atom stereocenters. The van der Waals surface area contributed by atoms with Crippen LogP contribution in [0, 0.1) is 0 Å². The Morgan fingerprint density at radius 2 is 2.00 bits per heavy atom. The first-order valence-corrected chi connectivity index (χ1v) is 8.19. The molecule has 0 aromatic heterocycles. The van der Waals surface area contributed by atoms with E-state index in [4.69, 9.17) is 0 Å². The Balaban J connectivity index is 2.21. The van der Waals surface area contributed by atoms with Crippen molar-refractivity contribution >= 4 is 38.6 Å². The molecule has 1 aliphatic rings. The number of carbonyl (C=O) groups excluding carboxylic acids is 1. The number of hydrogen-bond donors (Lipinski definition) is 1. The third-order valence-corrected chi connectivity index (χ3v) is 4.88. The normalized spacial score (nSPS) is 17.1. The van der Waals surface area contributed by atoms with Crippen LogP contribution in [0.2, 0.25) is 8.94 Å². The third kappa shape index (κ3) is 2.72. The first-order chi connectivity index (χ1) is 7.77. The molecule has 0 amide bonds. The monoisotopic (exact) mass is 331 g/mol. The molecule has 1 N–H and O–H groups in total. The molecule has 0 fully saturated rings. The van der Waals surface area contributed by atoms with Gasteiger partial charge in [-0.25, -0.2) is 0 Å². The Labute approximate surface area is 104 Å². The maximum absolute atomic E-state index is 11.5. The predicted octanol–water partition coefficient (Wildman–Crippen LogP) is 2.32. The van der Waals surface area contributed by atoms with Crippen LogP contribution in [-0.4, -0.2) is 38.0 Å². The number of allylic oxidation sites excluding steroid dienone is 2. The van der Waals surface area contributed by atoms with Gasteiger partial charge in [0.2, 0.25) is 0 Å². The molecule has 16 heavy (non-hydrogen) atoms. The second-order valence-electron chi connectivity index (χ2n) is 3.37. The second kappa shape index (κ2) is 5.29. The van der Waals surface area contributed by atoms with Crippen molar-refractivity contribution in [2.75, 3.05) is 0 Å². The average Bonchev–Trinajstić information content (AvgIpc) is 2.30. The van der Waals surface area contributed by atoms with Gasteiger partial charge in [-0.1, -0.05) is 0 Å². The van der Waals surface area contributed by atoms with Gasteiger partial charge in [0.25, 0.3) is 0 Å². The summed E-state index contributed by atoms with van der Waals surface area (Å²) >= 11 is -0.344. The van der Waals surface area contributed by atoms with Gasteiger partial charge >= 0.3 is 104 Å². The summed E-state index contributed by atoms with van der Waals surface area (Å²) in [4.78, 5) is 15.7. The molecule has 0 unspecified atom stereocenters. The molecule has 82 valence electrons. The minimum atomic E-state index is -0.344. The number of rotatable bonds is 2. The first-order valence-electron chi connectivity index (χ1n) is 4.89. The summed E-state index contributed by atoms with van der Waals surface area (Å²) in [5, 5.41) is 9.62. The molecule has 3 nitrogen and oxygen atoms in total. The number of hydrogen-bond acceptors (Lipinski definition) is 3. The molecule has 0 spiro atoms. The summed E-state index contributed by atoms with van der Waals surface area (Å²) in [6.45, 7) is 0. The van der Waals surface area contributed by atoms with Gasteiger partial charge in [-0.05, 0) is 0 Å². The Morgan fingerprint density at radius 1 is 1.25 bits per heavy atom. The number of aliphatic hydroxyl groups is 1. The fourth-order valence-electron chi connectivity index (χ4n) is 1.36. The molecule has 1 heterocycles. The SMILES string of the molecule is O=C1C[Te]CC(O)=C1C=Nc1ccccc1. The molecule has 0 bridgehead atoms. The molecule has 1 aromatic rings. The molecule has 0 saturated heterocycles. The van der Waals surface area contributed by atoms with Crippen molar-refractivity contribution in [1.29, 1.82) is 0 Å². The Kier molecular flexibility index (Phi) is 3.76. The Hall–Kier alpha value is -1.11. The summed E-state index contributed by atoms with van der Waals surface area (Å²) in [5.41, 5.74) is 1.18. The third-order valence-electron chi connectivity index (χ3n) is 2.18. The number of aliphatic hydroxyl groups excluding tert-OH is 1. The van der Waals surface area contributed by atoms with Crippen LogP contribution < -0.4 is 0 Å². The van der Waals surface area contributed by atoms with E-state index in [2.05, 4.69) is 4.99 Å². The number of carbonyl (C=O) groups is 1. The molecular weight excluding hydrogens is 318 g/mol. The summed E-state index contributed by atoms with van der Waals surface area (Å²) in [7, 11) is 0. The van der Waals surface area contributed by atoms with Crippen LogP contribution in [0.15, 0.2) is 46.7 Å². The van der Waals surface area contributed by atoms with Gasteiger partial charge < -0.3 is 0 Å². The van der Waals surface area contributed by atoms with Crippen molar-refractivity contribution in [3.63, 3.8) is 0 Å².